The van der Waals surface area contributed by atoms with Gasteiger partial charge in [0.15, 0.2) is 6.04 Å². The molecule has 148 valence electrons. The maximum atomic E-state index is 13.4. The third-order valence-electron chi connectivity index (χ3n) is 6.54. The number of amides is 2. The van der Waals surface area contributed by atoms with Crippen molar-refractivity contribution in [2.75, 3.05) is 11.4 Å². The number of hydrogen-bond acceptors (Lipinski definition) is 3. The number of quaternary nitrogens is 1. The van der Waals surface area contributed by atoms with E-state index in [9.17, 15) is 18.8 Å². The average molecular weight is 414 g/mol. The first kappa shape index (κ1) is 18.5. The predicted molar refractivity (Wildman–Crippen MR) is 104 cm³/mol. The number of nitrogens with zero attached hydrogens (tertiary/aromatic N) is 1. The molecule has 2 aromatic rings. The summed E-state index contributed by atoms with van der Waals surface area (Å²) in [4.78, 5) is 42.2. The van der Waals surface area contributed by atoms with Crippen molar-refractivity contribution in [1.29, 1.82) is 0 Å². The normalized spacial score (nSPS) is 30.6. The number of nitrogens with one attached hydrogen (secondary N) is 1. The van der Waals surface area contributed by atoms with Gasteiger partial charge in [-0.1, -0.05) is 11.6 Å². The lowest BCUT2D eigenvalue weighted by molar-refractivity contribution is -0.915. The highest BCUT2D eigenvalue weighted by Gasteiger charge is 2.68. The molecule has 2 aromatic carbocycles. The molecule has 1 N–H and O–H groups in total. The molecule has 3 fully saturated rings. The molecule has 0 bridgehead atoms. The molecule has 2 amide bonds. The van der Waals surface area contributed by atoms with Crippen LogP contribution in [0.2, 0.25) is 5.02 Å². The summed E-state index contributed by atoms with van der Waals surface area (Å²) in [7, 11) is 0. The highest BCUT2D eigenvalue weighted by atomic mass is 35.5. The second kappa shape index (κ2) is 6.75. The van der Waals surface area contributed by atoms with Crippen molar-refractivity contribution in [2.45, 2.75) is 24.9 Å². The van der Waals surface area contributed by atoms with E-state index in [4.69, 9.17) is 11.6 Å². The number of carbonyl (C=O) groups is 3. The van der Waals surface area contributed by atoms with Gasteiger partial charge in [0.25, 0.3) is 0 Å². The Morgan fingerprint density at radius 2 is 1.66 bits per heavy atom. The molecule has 1 unspecified atom stereocenters. The van der Waals surface area contributed by atoms with Crippen LogP contribution in [0, 0.1) is 17.7 Å². The molecule has 5 nitrogen and oxygen atoms in total. The second-order valence-corrected chi connectivity index (χ2v) is 8.40. The van der Waals surface area contributed by atoms with E-state index in [1.165, 1.54) is 29.2 Å². The molecule has 3 saturated heterocycles. The molecular formula is C22H19ClFN2O3+. The molecule has 3 heterocycles. The Balaban J connectivity index is 1.54. The summed E-state index contributed by atoms with van der Waals surface area (Å²) in [6.07, 6.45) is 1.73. The third-order valence-corrected chi connectivity index (χ3v) is 6.79. The van der Waals surface area contributed by atoms with Crippen LogP contribution >= 0.6 is 11.6 Å². The zero-order valence-corrected chi connectivity index (χ0v) is 16.2. The number of Topliss-reactive ketones (excluding diaryl/α,β-unsaturated/α-hetero) is 1. The van der Waals surface area contributed by atoms with Crippen molar-refractivity contribution in [2.24, 2.45) is 11.8 Å². The smallest absolute Gasteiger partial charge is 0.244 e. The fourth-order valence-corrected chi connectivity index (χ4v) is 5.51. The minimum Gasteiger partial charge on any atom is -0.322 e. The van der Waals surface area contributed by atoms with E-state index >= 15 is 0 Å². The van der Waals surface area contributed by atoms with Crippen molar-refractivity contribution in [1.82, 2.24) is 0 Å². The number of ketones is 1. The summed E-state index contributed by atoms with van der Waals surface area (Å²) >= 11 is 5.94. The summed E-state index contributed by atoms with van der Waals surface area (Å²) < 4.78 is 13.3. The maximum absolute atomic E-state index is 13.4. The number of benzene rings is 2. The zero-order valence-electron chi connectivity index (χ0n) is 15.5. The van der Waals surface area contributed by atoms with E-state index in [0.717, 1.165) is 24.3 Å². The van der Waals surface area contributed by atoms with Crippen molar-refractivity contribution in [3.8, 4) is 0 Å². The SMILES string of the molecule is O=C(c1ccc(F)cc1)[C@H]1[C@H]2C(=O)N(c3ccc(Cl)cc3)C(=O)[C@@H]2[C@H]2CCC[NH+]21. The van der Waals surface area contributed by atoms with Gasteiger partial charge < -0.3 is 4.90 Å². The van der Waals surface area contributed by atoms with Crippen LogP contribution in [0.5, 0.6) is 0 Å². The highest BCUT2D eigenvalue weighted by Crippen LogP contribution is 2.40. The molecule has 0 aliphatic carbocycles. The maximum Gasteiger partial charge on any atom is 0.244 e. The van der Waals surface area contributed by atoms with Gasteiger partial charge in [-0.25, -0.2) is 9.29 Å². The lowest BCUT2D eigenvalue weighted by Gasteiger charge is -2.25. The number of rotatable bonds is 3. The number of imide groups is 1. The quantitative estimate of drug-likeness (QED) is 0.617. The first-order chi connectivity index (χ1) is 14.0. The average Bonchev–Trinajstić information content (AvgIpc) is 3.35. The molecule has 5 rings (SSSR count). The van der Waals surface area contributed by atoms with Gasteiger partial charge in [0.2, 0.25) is 17.6 Å². The molecule has 3 aliphatic rings. The Morgan fingerprint density at radius 1 is 1.00 bits per heavy atom. The fraction of sp³-hybridized carbons (Fsp3) is 0.318. The number of halogens is 2. The minimum absolute atomic E-state index is 0.0388. The Morgan fingerprint density at radius 3 is 2.34 bits per heavy atom. The van der Waals surface area contributed by atoms with Crippen molar-refractivity contribution < 1.29 is 23.7 Å². The van der Waals surface area contributed by atoms with E-state index in [1.54, 1.807) is 24.3 Å². The number of fused-ring (bicyclic) bond motifs is 3. The number of anilines is 1. The van der Waals surface area contributed by atoms with Gasteiger partial charge in [0, 0.05) is 23.4 Å². The Bertz CT molecular complexity index is 1010. The Labute approximate surface area is 172 Å². The number of hydrogen-bond donors (Lipinski definition) is 1. The van der Waals surface area contributed by atoms with Crippen LogP contribution in [0.4, 0.5) is 10.1 Å². The van der Waals surface area contributed by atoms with Gasteiger partial charge in [-0.3, -0.25) is 14.4 Å². The lowest BCUT2D eigenvalue weighted by Crippen LogP contribution is -3.16. The summed E-state index contributed by atoms with van der Waals surface area (Å²) in [6.45, 7) is 0.761. The van der Waals surface area contributed by atoms with Gasteiger partial charge in [0.05, 0.1) is 12.2 Å². The molecule has 5 atom stereocenters. The van der Waals surface area contributed by atoms with Crippen LogP contribution < -0.4 is 9.80 Å². The standard InChI is InChI=1S/C22H18ClFN2O3/c23-13-5-9-15(10-6-13)26-21(28)17-16-2-1-11-25(16)19(18(17)22(26)29)20(27)12-3-7-14(24)8-4-12/h3-10,16-19H,1-2,11H2/p+1/t16-,17-,18+,19-/m1/s1. The topological polar surface area (TPSA) is 58.9 Å². The molecule has 0 radical (unpaired) electrons. The Kier molecular flexibility index (Phi) is 4.29. The van der Waals surface area contributed by atoms with Crippen LogP contribution in [0.3, 0.4) is 0 Å². The van der Waals surface area contributed by atoms with Crippen LogP contribution in [-0.4, -0.2) is 36.2 Å². The molecule has 7 heteroatoms. The third kappa shape index (κ3) is 2.74. The van der Waals surface area contributed by atoms with Crippen molar-refractivity contribution in [3.05, 3.63) is 64.9 Å². The first-order valence-corrected chi connectivity index (χ1v) is 10.1. The molecule has 0 aromatic heterocycles. The van der Waals surface area contributed by atoms with E-state index in [2.05, 4.69) is 0 Å². The predicted octanol–water partition coefficient (Wildman–Crippen LogP) is 1.90. The van der Waals surface area contributed by atoms with Crippen molar-refractivity contribution in [3.63, 3.8) is 0 Å². The Hall–Kier alpha value is -2.57. The first-order valence-electron chi connectivity index (χ1n) is 9.76. The van der Waals surface area contributed by atoms with E-state index in [1.807, 2.05) is 0 Å². The van der Waals surface area contributed by atoms with Gasteiger partial charge in [-0.15, -0.1) is 0 Å². The van der Waals surface area contributed by atoms with E-state index in [0.29, 0.717) is 16.3 Å². The molecule has 0 saturated carbocycles. The molecular weight excluding hydrogens is 395 g/mol. The summed E-state index contributed by atoms with van der Waals surface area (Å²) in [5.74, 6) is -2.36. The lowest BCUT2D eigenvalue weighted by atomic mass is 9.85. The zero-order chi connectivity index (χ0) is 20.3. The minimum atomic E-state index is -0.684. The van der Waals surface area contributed by atoms with Crippen LogP contribution in [-0.2, 0) is 9.59 Å². The number of carbonyl (C=O) groups excluding carboxylic acids is 3. The van der Waals surface area contributed by atoms with Gasteiger partial charge in [0.1, 0.15) is 23.7 Å². The monoisotopic (exact) mass is 413 g/mol. The van der Waals surface area contributed by atoms with E-state index < -0.39 is 23.7 Å². The second-order valence-electron chi connectivity index (χ2n) is 7.96. The summed E-state index contributed by atoms with van der Waals surface area (Å²) in [5.41, 5.74) is 0.853. The van der Waals surface area contributed by atoms with Crippen LogP contribution in [0.1, 0.15) is 23.2 Å². The van der Waals surface area contributed by atoms with Gasteiger partial charge in [-0.05, 0) is 48.5 Å². The van der Waals surface area contributed by atoms with Crippen LogP contribution in [0.15, 0.2) is 48.5 Å². The molecule has 29 heavy (non-hydrogen) atoms. The van der Waals surface area contributed by atoms with Crippen molar-refractivity contribution >= 4 is 34.9 Å². The summed E-state index contributed by atoms with van der Waals surface area (Å²) in [6, 6.07) is 11.3. The highest BCUT2D eigenvalue weighted by molar-refractivity contribution is 6.31. The van der Waals surface area contributed by atoms with Gasteiger partial charge >= 0.3 is 0 Å². The summed E-state index contributed by atoms with van der Waals surface area (Å²) in [5, 5.41) is 0.517. The van der Waals surface area contributed by atoms with Crippen LogP contribution in [0.25, 0.3) is 0 Å². The molecule has 0 spiro atoms. The van der Waals surface area contributed by atoms with Gasteiger partial charge in [-0.2, -0.15) is 0 Å². The fourth-order valence-electron chi connectivity index (χ4n) is 5.38. The largest absolute Gasteiger partial charge is 0.322 e. The molecule has 3 aliphatic heterocycles. The van der Waals surface area contributed by atoms with E-state index in [-0.39, 0.29) is 23.6 Å².